The monoisotopic (exact) mass is 634 g/mol. The molecule has 47 heavy (non-hydrogen) atoms. The molecule has 9 heteroatoms. The number of anilines is 2. The maximum absolute atomic E-state index is 13.5. The molecule has 5 rings (SSSR count). The molecule has 0 aliphatic rings. The van der Waals surface area contributed by atoms with Crippen LogP contribution < -0.4 is 29.6 Å². The minimum atomic E-state index is -0.503. The van der Waals surface area contributed by atoms with Crippen LogP contribution in [0.4, 0.5) is 11.4 Å². The molecular formula is C38H38N2O7. The molecule has 242 valence electrons. The zero-order valence-corrected chi connectivity index (χ0v) is 26.9. The van der Waals surface area contributed by atoms with Crippen molar-refractivity contribution in [2.45, 2.75) is 39.9 Å². The molecule has 2 N–H and O–H groups in total. The summed E-state index contributed by atoms with van der Waals surface area (Å²) in [5.41, 5.74) is 4.81. The Balaban J connectivity index is 1.32. The zero-order chi connectivity index (χ0) is 33.2. The van der Waals surface area contributed by atoms with Crippen molar-refractivity contribution in [3.8, 4) is 23.0 Å². The summed E-state index contributed by atoms with van der Waals surface area (Å²) in [6, 6.07) is 26.7. The smallest absolute Gasteiger partial charge is 0.259 e. The van der Waals surface area contributed by atoms with Gasteiger partial charge in [0.15, 0.2) is 23.0 Å². The average molecular weight is 635 g/mol. The fraction of sp³-hybridized carbons (Fsp3) is 0.211. The number of methoxy groups -OCH3 is 2. The summed E-state index contributed by atoms with van der Waals surface area (Å²) < 4.78 is 28.9. The third-order valence-electron chi connectivity index (χ3n) is 7.69. The topological polar surface area (TPSA) is 108 Å². The van der Waals surface area contributed by atoms with Crippen LogP contribution >= 0.6 is 0 Å². The summed E-state index contributed by atoms with van der Waals surface area (Å²) >= 11 is 0. The van der Waals surface area contributed by atoms with Crippen LogP contribution in [0.3, 0.4) is 0 Å². The number of benzene rings is 4. The van der Waals surface area contributed by atoms with E-state index in [1.807, 2.05) is 74.5 Å². The number of ether oxygens (including phenoxy) is 4. The molecule has 5 aromatic rings. The van der Waals surface area contributed by atoms with E-state index in [0.717, 1.165) is 22.3 Å². The average Bonchev–Trinajstić information content (AvgIpc) is 3.61. The van der Waals surface area contributed by atoms with Gasteiger partial charge in [-0.1, -0.05) is 74.5 Å². The Kier molecular flexibility index (Phi) is 10.8. The summed E-state index contributed by atoms with van der Waals surface area (Å²) in [5, 5.41) is 5.85. The summed E-state index contributed by atoms with van der Waals surface area (Å²) in [4.78, 5) is 27.0. The third kappa shape index (κ3) is 7.58. The van der Waals surface area contributed by atoms with Gasteiger partial charge in [-0.05, 0) is 48.2 Å². The SMILES string of the molecule is CCc1c(NC(=O)c2cocc2C(=O)Nc2ccc(OCc3ccccc3)c(OC)c2CC)ccc(OCc2ccccc2)c1OC. The Hall–Kier alpha value is -5.70. The highest BCUT2D eigenvalue weighted by molar-refractivity contribution is 6.15. The van der Waals surface area contributed by atoms with E-state index >= 15 is 0 Å². The summed E-state index contributed by atoms with van der Waals surface area (Å²) in [5.74, 6) is 1.18. The normalized spacial score (nSPS) is 10.6. The molecule has 0 unspecified atom stereocenters. The van der Waals surface area contributed by atoms with Crippen LogP contribution in [0.2, 0.25) is 0 Å². The highest BCUT2D eigenvalue weighted by Crippen LogP contribution is 2.39. The summed E-state index contributed by atoms with van der Waals surface area (Å²) in [7, 11) is 3.13. The predicted molar refractivity (Wildman–Crippen MR) is 181 cm³/mol. The molecule has 1 heterocycles. The lowest BCUT2D eigenvalue weighted by molar-refractivity contribution is 0.0991. The van der Waals surface area contributed by atoms with Crippen molar-refractivity contribution in [3.05, 3.63) is 131 Å². The van der Waals surface area contributed by atoms with E-state index in [1.165, 1.54) is 12.5 Å². The first-order chi connectivity index (χ1) is 23.0. The third-order valence-corrected chi connectivity index (χ3v) is 7.69. The summed E-state index contributed by atoms with van der Waals surface area (Å²) in [6.45, 7) is 4.66. The Labute approximate surface area is 274 Å². The molecule has 0 saturated heterocycles. The van der Waals surface area contributed by atoms with Crippen LogP contribution in [0.15, 0.2) is 102 Å². The fourth-order valence-electron chi connectivity index (χ4n) is 5.32. The number of amides is 2. The standard InChI is InChI=1S/C38H38N2O7/c1-5-27-31(17-19-33(35(27)43-3)46-21-25-13-9-7-10-14-25)39-37(41)29-23-45-24-30(29)38(42)40-32-18-20-34(36(44-4)28(32)6-2)47-22-26-15-11-8-12-16-26/h7-20,23-24H,5-6,21-22H2,1-4H3,(H,39,41)(H,40,42). The van der Waals surface area contributed by atoms with Gasteiger partial charge in [0.2, 0.25) is 0 Å². The van der Waals surface area contributed by atoms with E-state index in [2.05, 4.69) is 10.6 Å². The molecule has 0 aliphatic heterocycles. The van der Waals surface area contributed by atoms with Crippen molar-refractivity contribution in [1.82, 2.24) is 0 Å². The van der Waals surface area contributed by atoms with Crippen LogP contribution in [-0.4, -0.2) is 26.0 Å². The van der Waals surface area contributed by atoms with Gasteiger partial charge in [-0.25, -0.2) is 0 Å². The quantitative estimate of drug-likeness (QED) is 0.127. The number of furan rings is 1. The van der Waals surface area contributed by atoms with E-state index in [0.29, 0.717) is 60.4 Å². The van der Waals surface area contributed by atoms with Crippen LogP contribution in [0.5, 0.6) is 23.0 Å². The van der Waals surface area contributed by atoms with Crippen molar-refractivity contribution in [2.24, 2.45) is 0 Å². The van der Waals surface area contributed by atoms with Gasteiger partial charge < -0.3 is 34.0 Å². The first-order valence-corrected chi connectivity index (χ1v) is 15.4. The Morgan fingerprint density at radius 1 is 0.596 bits per heavy atom. The lowest BCUT2D eigenvalue weighted by Gasteiger charge is -2.18. The van der Waals surface area contributed by atoms with E-state index in [-0.39, 0.29) is 11.1 Å². The lowest BCUT2D eigenvalue weighted by Crippen LogP contribution is -2.20. The minimum Gasteiger partial charge on any atom is -0.492 e. The Morgan fingerprint density at radius 3 is 1.36 bits per heavy atom. The van der Waals surface area contributed by atoms with Crippen LogP contribution in [0.1, 0.15) is 56.8 Å². The number of carbonyl (C=O) groups excluding carboxylic acids is 2. The maximum Gasteiger partial charge on any atom is 0.259 e. The van der Waals surface area contributed by atoms with Gasteiger partial charge in [0.05, 0.1) is 25.3 Å². The van der Waals surface area contributed by atoms with Gasteiger partial charge in [-0.2, -0.15) is 0 Å². The van der Waals surface area contributed by atoms with Crippen LogP contribution in [0.25, 0.3) is 0 Å². The van der Waals surface area contributed by atoms with Crippen molar-refractivity contribution < 1.29 is 33.0 Å². The largest absolute Gasteiger partial charge is 0.492 e. The zero-order valence-electron chi connectivity index (χ0n) is 26.9. The van der Waals surface area contributed by atoms with E-state index in [4.69, 9.17) is 23.4 Å². The van der Waals surface area contributed by atoms with Gasteiger partial charge in [-0.3, -0.25) is 9.59 Å². The number of carbonyl (C=O) groups is 2. The molecule has 4 aromatic carbocycles. The van der Waals surface area contributed by atoms with E-state index < -0.39 is 11.8 Å². The molecule has 9 nitrogen and oxygen atoms in total. The second kappa shape index (κ2) is 15.5. The predicted octanol–water partition coefficient (Wildman–Crippen LogP) is 8.08. The maximum atomic E-state index is 13.5. The molecule has 2 amide bonds. The lowest BCUT2D eigenvalue weighted by atomic mass is 10.1. The second-order valence-corrected chi connectivity index (χ2v) is 10.6. The van der Waals surface area contributed by atoms with Crippen molar-refractivity contribution in [3.63, 3.8) is 0 Å². The number of hydrogen-bond acceptors (Lipinski definition) is 7. The Morgan fingerprint density at radius 2 is 1.00 bits per heavy atom. The van der Waals surface area contributed by atoms with Crippen molar-refractivity contribution in [1.29, 1.82) is 0 Å². The highest BCUT2D eigenvalue weighted by atomic mass is 16.5. The number of rotatable bonds is 14. The molecule has 0 radical (unpaired) electrons. The number of nitrogens with one attached hydrogen (secondary N) is 2. The molecule has 0 fully saturated rings. The van der Waals surface area contributed by atoms with Crippen LogP contribution in [-0.2, 0) is 26.1 Å². The van der Waals surface area contributed by atoms with Gasteiger partial charge in [-0.15, -0.1) is 0 Å². The van der Waals surface area contributed by atoms with Crippen molar-refractivity contribution in [2.75, 3.05) is 24.9 Å². The highest BCUT2D eigenvalue weighted by Gasteiger charge is 2.24. The molecular weight excluding hydrogens is 596 g/mol. The molecule has 0 bridgehead atoms. The molecule has 0 spiro atoms. The molecule has 1 aromatic heterocycles. The van der Waals surface area contributed by atoms with Gasteiger partial charge in [0.25, 0.3) is 11.8 Å². The van der Waals surface area contributed by atoms with Crippen LogP contribution in [0, 0.1) is 0 Å². The Bertz CT molecular complexity index is 1690. The molecule has 0 aliphatic carbocycles. The first-order valence-electron chi connectivity index (χ1n) is 15.4. The summed E-state index contributed by atoms with van der Waals surface area (Å²) in [6.07, 6.45) is 3.64. The van der Waals surface area contributed by atoms with Gasteiger partial charge in [0.1, 0.15) is 25.7 Å². The van der Waals surface area contributed by atoms with Gasteiger partial charge >= 0.3 is 0 Å². The van der Waals surface area contributed by atoms with E-state index in [9.17, 15) is 9.59 Å². The fourth-order valence-corrected chi connectivity index (χ4v) is 5.32. The number of hydrogen-bond donors (Lipinski definition) is 2. The molecule has 0 saturated carbocycles. The second-order valence-electron chi connectivity index (χ2n) is 10.6. The molecule has 0 atom stereocenters. The van der Waals surface area contributed by atoms with E-state index in [1.54, 1.807) is 38.5 Å². The minimum absolute atomic E-state index is 0.0840. The van der Waals surface area contributed by atoms with Gasteiger partial charge in [0, 0.05) is 22.5 Å². The van der Waals surface area contributed by atoms with Crippen molar-refractivity contribution >= 4 is 23.2 Å². The first kappa shape index (κ1) is 32.7.